The summed E-state index contributed by atoms with van der Waals surface area (Å²) in [5, 5.41) is 0. The summed E-state index contributed by atoms with van der Waals surface area (Å²) < 4.78 is 54.7. The molecule has 0 fully saturated rings. The fourth-order valence-corrected chi connectivity index (χ4v) is 1.21. The van der Waals surface area contributed by atoms with Gasteiger partial charge in [-0.15, -0.1) is 0 Å². The molecule has 0 heterocycles. The third-order valence-electron chi connectivity index (χ3n) is 1.83. The van der Waals surface area contributed by atoms with Gasteiger partial charge in [0, 0.05) is 0 Å². The number of methoxy groups -OCH3 is 1. The quantitative estimate of drug-likeness (QED) is 0.799. The van der Waals surface area contributed by atoms with Gasteiger partial charge in [0.2, 0.25) is 0 Å². The number of nitrogens with two attached hydrogens (primary N) is 1. The zero-order chi connectivity index (χ0) is 12.5. The summed E-state index contributed by atoms with van der Waals surface area (Å²) in [6.45, 7) is 0. The number of halogens is 4. The Labute approximate surface area is 87.8 Å². The number of amides is 1. The topological polar surface area (TPSA) is 52.3 Å². The van der Waals surface area contributed by atoms with Gasteiger partial charge in [0.05, 0.1) is 12.7 Å². The van der Waals surface area contributed by atoms with E-state index in [0.717, 1.165) is 7.11 Å². The predicted octanol–water partition coefficient (Wildman–Crippen LogP) is 1.95. The molecule has 0 spiro atoms. The van der Waals surface area contributed by atoms with E-state index in [1.54, 1.807) is 0 Å². The zero-order valence-corrected chi connectivity index (χ0v) is 8.06. The lowest BCUT2D eigenvalue weighted by Crippen LogP contribution is -2.17. The van der Waals surface area contributed by atoms with Crippen molar-refractivity contribution in [3.8, 4) is 5.75 Å². The van der Waals surface area contributed by atoms with Crippen LogP contribution < -0.4 is 10.5 Å². The average molecular weight is 237 g/mol. The van der Waals surface area contributed by atoms with Gasteiger partial charge in [0.25, 0.3) is 5.91 Å². The number of primary amides is 1. The Morgan fingerprint density at radius 1 is 1.38 bits per heavy atom. The van der Waals surface area contributed by atoms with Crippen molar-refractivity contribution in [2.75, 3.05) is 7.11 Å². The molecule has 7 heteroatoms. The number of carbonyl (C=O) groups excluding carboxylic acids is 1. The molecule has 2 N–H and O–H groups in total. The van der Waals surface area contributed by atoms with Crippen LogP contribution in [-0.2, 0) is 6.18 Å². The molecule has 0 bridgehead atoms. The summed E-state index contributed by atoms with van der Waals surface area (Å²) in [6.07, 6.45) is -4.82. The Hall–Kier alpha value is -1.79. The van der Waals surface area contributed by atoms with E-state index in [9.17, 15) is 22.4 Å². The van der Waals surface area contributed by atoms with Gasteiger partial charge < -0.3 is 10.5 Å². The molecule has 88 valence electrons. The number of rotatable bonds is 2. The van der Waals surface area contributed by atoms with Crippen LogP contribution in [0.25, 0.3) is 0 Å². The minimum absolute atomic E-state index is 0.241. The predicted molar refractivity (Wildman–Crippen MR) is 46.5 cm³/mol. The number of carbonyl (C=O) groups is 1. The highest BCUT2D eigenvalue weighted by Crippen LogP contribution is 2.38. The van der Waals surface area contributed by atoms with Crippen molar-refractivity contribution in [2.24, 2.45) is 5.73 Å². The van der Waals surface area contributed by atoms with Crippen molar-refractivity contribution >= 4 is 5.91 Å². The second-order valence-corrected chi connectivity index (χ2v) is 2.90. The van der Waals surface area contributed by atoms with E-state index >= 15 is 0 Å². The van der Waals surface area contributed by atoms with Crippen molar-refractivity contribution in [1.29, 1.82) is 0 Å². The molecule has 0 aliphatic heterocycles. The molecule has 0 aliphatic rings. The monoisotopic (exact) mass is 237 g/mol. The minimum Gasteiger partial charge on any atom is -0.495 e. The summed E-state index contributed by atoms with van der Waals surface area (Å²) >= 11 is 0. The first kappa shape index (κ1) is 12.3. The Kier molecular flexibility index (Phi) is 3.06. The molecular weight excluding hydrogens is 230 g/mol. The molecule has 0 saturated heterocycles. The summed E-state index contributed by atoms with van der Waals surface area (Å²) in [6, 6.07) is 0.835. The van der Waals surface area contributed by atoms with Gasteiger partial charge in [-0.2, -0.15) is 13.2 Å². The molecule has 16 heavy (non-hydrogen) atoms. The van der Waals surface area contributed by atoms with Crippen LogP contribution in [0.4, 0.5) is 17.6 Å². The third-order valence-corrected chi connectivity index (χ3v) is 1.83. The largest absolute Gasteiger partial charge is 0.495 e. The summed E-state index contributed by atoms with van der Waals surface area (Å²) in [5.41, 5.74) is 2.80. The van der Waals surface area contributed by atoms with Crippen LogP contribution in [0.15, 0.2) is 12.1 Å². The van der Waals surface area contributed by atoms with Crippen LogP contribution in [-0.4, -0.2) is 13.0 Å². The Morgan fingerprint density at radius 2 is 1.94 bits per heavy atom. The smallest absolute Gasteiger partial charge is 0.420 e. The Balaban J connectivity index is 3.55. The highest BCUT2D eigenvalue weighted by Gasteiger charge is 2.36. The van der Waals surface area contributed by atoms with Crippen LogP contribution in [0, 0.1) is 5.82 Å². The highest BCUT2D eigenvalue weighted by atomic mass is 19.4. The van der Waals surface area contributed by atoms with Gasteiger partial charge in [-0.1, -0.05) is 0 Å². The third kappa shape index (κ3) is 2.23. The van der Waals surface area contributed by atoms with Crippen molar-refractivity contribution in [3.63, 3.8) is 0 Å². The van der Waals surface area contributed by atoms with Crippen molar-refractivity contribution in [1.82, 2.24) is 0 Å². The van der Waals surface area contributed by atoms with Crippen LogP contribution in [0.3, 0.4) is 0 Å². The van der Waals surface area contributed by atoms with E-state index in [1.807, 2.05) is 0 Å². The van der Waals surface area contributed by atoms with Gasteiger partial charge in [-0.05, 0) is 12.1 Å². The maximum absolute atomic E-state index is 12.9. The summed E-state index contributed by atoms with van der Waals surface area (Å²) in [7, 11) is 0.939. The maximum Gasteiger partial charge on any atom is 0.420 e. The number of hydrogen-bond acceptors (Lipinski definition) is 2. The van der Waals surface area contributed by atoms with Crippen LogP contribution in [0.1, 0.15) is 15.9 Å². The molecule has 0 unspecified atom stereocenters. The molecule has 0 saturated carbocycles. The molecule has 1 amide bonds. The molecular formula is C9H7F4NO2. The van der Waals surface area contributed by atoms with Crippen LogP contribution in [0.5, 0.6) is 5.75 Å². The van der Waals surface area contributed by atoms with Crippen molar-refractivity contribution in [2.45, 2.75) is 6.18 Å². The number of hydrogen-bond donors (Lipinski definition) is 1. The first-order chi connectivity index (χ1) is 7.27. The lowest BCUT2D eigenvalue weighted by molar-refractivity contribution is -0.139. The number of alkyl halides is 3. The number of benzene rings is 1. The van der Waals surface area contributed by atoms with Crippen LogP contribution in [0.2, 0.25) is 0 Å². The van der Waals surface area contributed by atoms with Gasteiger partial charge in [-0.25, -0.2) is 4.39 Å². The fourth-order valence-electron chi connectivity index (χ4n) is 1.21. The maximum atomic E-state index is 12.9. The van der Waals surface area contributed by atoms with Crippen molar-refractivity contribution in [3.05, 3.63) is 29.1 Å². The van der Waals surface area contributed by atoms with E-state index in [0.29, 0.717) is 6.07 Å². The molecule has 0 radical (unpaired) electrons. The van der Waals surface area contributed by atoms with E-state index in [4.69, 9.17) is 5.73 Å². The van der Waals surface area contributed by atoms with E-state index in [1.165, 1.54) is 0 Å². The van der Waals surface area contributed by atoms with Gasteiger partial charge in [0.15, 0.2) is 0 Å². The number of ether oxygens (including phenoxy) is 1. The standard InChI is InChI=1S/C9H7F4NO2/c1-16-7-5(8(14)15)2-4(10)3-6(7)9(11,12)13/h2-3H,1H3,(H2,14,15). The molecule has 1 rings (SSSR count). The first-order valence-corrected chi connectivity index (χ1v) is 4.02. The van der Waals surface area contributed by atoms with E-state index < -0.39 is 34.8 Å². The van der Waals surface area contributed by atoms with E-state index in [2.05, 4.69) is 4.74 Å². The Bertz CT molecular complexity index is 428. The highest BCUT2D eigenvalue weighted by molar-refractivity contribution is 5.96. The average Bonchev–Trinajstić information content (AvgIpc) is 2.14. The summed E-state index contributed by atoms with van der Waals surface area (Å²) in [4.78, 5) is 10.8. The molecule has 0 aliphatic carbocycles. The second-order valence-electron chi connectivity index (χ2n) is 2.90. The molecule has 0 atom stereocenters. The van der Waals surface area contributed by atoms with Gasteiger partial charge in [0.1, 0.15) is 17.1 Å². The van der Waals surface area contributed by atoms with E-state index in [-0.39, 0.29) is 6.07 Å². The first-order valence-electron chi connectivity index (χ1n) is 4.02. The van der Waals surface area contributed by atoms with Crippen LogP contribution >= 0.6 is 0 Å². The molecule has 1 aromatic rings. The summed E-state index contributed by atoms with van der Waals surface area (Å²) in [5.74, 6) is -3.18. The molecule has 0 aromatic heterocycles. The Morgan fingerprint density at radius 3 is 2.31 bits per heavy atom. The fraction of sp³-hybridized carbons (Fsp3) is 0.222. The van der Waals surface area contributed by atoms with Gasteiger partial charge >= 0.3 is 6.18 Å². The SMILES string of the molecule is COc1c(C(N)=O)cc(F)cc1C(F)(F)F. The second kappa shape index (κ2) is 3.99. The van der Waals surface area contributed by atoms with Crippen molar-refractivity contribution < 1.29 is 27.1 Å². The molecule has 1 aromatic carbocycles. The van der Waals surface area contributed by atoms with Gasteiger partial charge in [-0.3, -0.25) is 4.79 Å². The minimum atomic E-state index is -4.82. The molecule has 3 nitrogen and oxygen atoms in total. The lowest BCUT2D eigenvalue weighted by Gasteiger charge is -2.14. The zero-order valence-electron chi connectivity index (χ0n) is 8.06. The lowest BCUT2D eigenvalue weighted by atomic mass is 10.1. The normalized spacial score (nSPS) is 11.3.